The third-order valence-corrected chi connectivity index (χ3v) is 2.17. The van der Waals surface area contributed by atoms with Crippen LogP contribution in [0.15, 0.2) is 24.3 Å². The molecule has 0 saturated heterocycles. The Balaban J connectivity index is 2.36. The lowest BCUT2D eigenvalue weighted by molar-refractivity contribution is -0.117. The molecule has 0 heterocycles. The molecule has 0 spiro atoms. The van der Waals surface area contributed by atoms with E-state index in [1.54, 1.807) is 0 Å². The number of unbranched alkanes of at least 4 members (excludes halogenated alkanes) is 1. The Morgan fingerprint density at radius 1 is 1.19 bits per heavy atom. The number of hydrogen-bond donors (Lipinski definition) is 2. The first-order valence-corrected chi connectivity index (χ1v) is 5.42. The second-order valence-electron chi connectivity index (χ2n) is 3.63. The zero-order valence-electron chi connectivity index (χ0n) is 9.32. The monoisotopic (exact) mass is 222 g/mol. The van der Waals surface area contributed by atoms with Gasteiger partial charge in [0.05, 0.1) is 13.0 Å². The van der Waals surface area contributed by atoms with Gasteiger partial charge in [0.1, 0.15) is 5.75 Å². The lowest BCUT2D eigenvalue weighted by atomic mass is 10.1. The molecule has 0 saturated carbocycles. The van der Waals surface area contributed by atoms with Crippen molar-refractivity contribution in [3.8, 4) is 5.75 Å². The van der Waals surface area contributed by atoms with Crippen molar-refractivity contribution in [1.82, 2.24) is 0 Å². The number of hydrogen-bond acceptors (Lipinski definition) is 3. The van der Waals surface area contributed by atoms with E-state index < -0.39 is 0 Å². The fourth-order valence-corrected chi connectivity index (χ4v) is 1.34. The Kier molecular flexibility index (Phi) is 5.36. The van der Waals surface area contributed by atoms with Gasteiger partial charge in [0.25, 0.3) is 0 Å². The maximum atomic E-state index is 10.7. The maximum absolute atomic E-state index is 10.7. The first-order valence-electron chi connectivity index (χ1n) is 5.42. The molecule has 88 valence electrons. The summed E-state index contributed by atoms with van der Waals surface area (Å²) in [6.45, 7) is 1.37. The van der Waals surface area contributed by atoms with E-state index in [4.69, 9.17) is 16.2 Å². The molecule has 0 aliphatic rings. The van der Waals surface area contributed by atoms with Crippen molar-refractivity contribution >= 4 is 5.91 Å². The fraction of sp³-hybridized carbons (Fsp3) is 0.417. The molecule has 0 unspecified atom stereocenters. The Morgan fingerprint density at radius 3 is 2.44 bits per heavy atom. The van der Waals surface area contributed by atoms with Gasteiger partial charge in [-0.25, -0.2) is 0 Å². The molecular weight excluding hydrogens is 204 g/mol. The maximum Gasteiger partial charge on any atom is 0.221 e. The molecule has 4 N–H and O–H groups in total. The molecule has 0 bridgehead atoms. The van der Waals surface area contributed by atoms with Gasteiger partial charge in [0, 0.05) is 0 Å². The third-order valence-electron chi connectivity index (χ3n) is 2.17. The van der Waals surface area contributed by atoms with Crippen molar-refractivity contribution in [1.29, 1.82) is 0 Å². The topological polar surface area (TPSA) is 78.3 Å². The van der Waals surface area contributed by atoms with Crippen LogP contribution in [0.3, 0.4) is 0 Å². The van der Waals surface area contributed by atoms with Crippen molar-refractivity contribution in [3.05, 3.63) is 29.8 Å². The molecule has 0 aliphatic carbocycles. The van der Waals surface area contributed by atoms with Crippen LogP contribution in [0.2, 0.25) is 0 Å². The lowest BCUT2D eigenvalue weighted by Gasteiger charge is -2.06. The van der Waals surface area contributed by atoms with E-state index in [2.05, 4.69) is 0 Å². The Hall–Kier alpha value is -1.55. The normalized spacial score (nSPS) is 10.1. The summed E-state index contributed by atoms with van der Waals surface area (Å²) < 4.78 is 5.50. The molecule has 0 radical (unpaired) electrons. The molecule has 1 amide bonds. The minimum Gasteiger partial charge on any atom is -0.494 e. The van der Waals surface area contributed by atoms with E-state index in [0.29, 0.717) is 13.2 Å². The molecule has 4 nitrogen and oxygen atoms in total. The summed E-state index contributed by atoms with van der Waals surface area (Å²) in [5.41, 5.74) is 11.4. The molecule has 0 aromatic heterocycles. The van der Waals surface area contributed by atoms with Gasteiger partial charge in [0.15, 0.2) is 0 Å². The third kappa shape index (κ3) is 4.79. The smallest absolute Gasteiger partial charge is 0.221 e. The summed E-state index contributed by atoms with van der Waals surface area (Å²) in [5, 5.41) is 0. The van der Waals surface area contributed by atoms with Gasteiger partial charge in [-0.1, -0.05) is 12.1 Å². The minimum absolute atomic E-state index is 0.271. The number of carbonyl (C=O) groups is 1. The SMILES string of the molecule is NCCCCOc1ccc(CC(N)=O)cc1. The largest absolute Gasteiger partial charge is 0.494 e. The first kappa shape index (κ1) is 12.5. The van der Waals surface area contributed by atoms with Gasteiger partial charge in [0.2, 0.25) is 5.91 Å². The summed E-state index contributed by atoms with van der Waals surface area (Å²) in [4.78, 5) is 10.7. The van der Waals surface area contributed by atoms with Gasteiger partial charge in [-0.3, -0.25) is 4.79 Å². The minimum atomic E-state index is -0.323. The van der Waals surface area contributed by atoms with Crippen LogP contribution in [0, 0.1) is 0 Å². The summed E-state index contributed by atoms with van der Waals surface area (Å²) in [5.74, 6) is 0.488. The number of primary amides is 1. The highest BCUT2D eigenvalue weighted by Gasteiger charge is 1.99. The van der Waals surface area contributed by atoms with Gasteiger partial charge in [-0.2, -0.15) is 0 Å². The predicted molar refractivity (Wildman–Crippen MR) is 63.1 cm³/mol. The number of carbonyl (C=O) groups excluding carboxylic acids is 1. The molecule has 4 heteroatoms. The predicted octanol–water partition coefficient (Wildman–Crippen LogP) is 0.832. The highest BCUT2D eigenvalue weighted by molar-refractivity contribution is 5.76. The average Bonchev–Trinajstić information content (AvgIpc) is 2.26. The van der Waals surface area contributed by atoms with E-state index >= 15 is 0 Å². The number of rotatable bonds is 7. The lowest BCUT2D eigenvalue weighted by Crippen LogP contribution is -2.13. The molecule has 0 atom stereocenters. The Morgan fingerprint density at radius 2 is 1.88 bits per heavy atom. The standard InChI is InChI=1S/C12H18N2O2/c13-7-1-2-8-16-11-5-3-10(4-6-11)9-12(14)15/h3-6H,1-2,7-9,13H2,(H2,14,15). The Labute approximate surface area is 95.6 Å². The van der Waals surface area contributed by atoms with Crippen LogP contribution in [0.4, 0.5) is 0 Å². The quantitative estimate of drug-likeness (QED) is 0.671. The van der Waals surface area contributed by atoms with Crippen LogP contribution in [0.1, 0.15) is 18.4 Å². The summed E-state index contributed by atoms with van der Waals surface area (Å²) in [6.07, 6.45) is 2.20. The molecule has 0 fully saturated rings. The van der Waals surface area contributed by atoms with Crippen molar-refractivity contribution in [2.75, 3.05) is 13.2 Å². The number of ether oxygens (including phenoxy) is 1. The van der Waals surface area contributed by atoms with Gasteiger partial charge in [-0.15, -0.1) is 0 Å². The van der Waals surface area contributed by atoms with Gasteiger partial charge in [-0.05, 0) is 37.1 Å². The van der Waals surface area contributed by atoms with Crippen LogP contribution in [0.25, 0.3) is 0 Å². The zero-order chi connectivity index (χ0) is 11.8. The first-order chi connectivity index (χ1) is 7.72. The molecule has 1 rings (SSSR count). The summed E-state index contributed by atoms with van der Waals surface area (Å²) in [7, 11) is 0. The van der Waals surface area contributed by atoms with Crippen LogP contribution in [-0.2, 0) is 11.2 Å². The highest BCUT2D eigenvalue weighted by atomic mass is 16.5. The number of benzene rings is 1. The van der Waals surface area contributed by atoms with Crippen LogP contribution < -0.4 is 16.2 Å². The van der Waals surface area contributed by atoms with Crippen LogP contribution in [0.5, 0.6) is 5.75 Å². The van der Waals surface area contributed by atoms with Crippen molar-refractivity contribution < 1.29 is 9.53 Å². The van der Waals surface area contributed by atoms with Gasteiger partial charge >= 0.3 is 0 Å². The second kappa shape index (κ2) is 6.85. The summed E-state index contributed by atoms with van der Waals surface area (Å²) in [6, 6.07) is 7.40. The van der Waals surface area contributed by atoms with E-state index in [1.807, 2.05) is 24.3 Å². The van der Waals surface area contributed by atoms with Crippen molar-refractivity contribution in [2.45, 2.75) is 19.3 Å². The number of amides is 1. The molecule has 1 aromatic carbocycles. The second-order valence-corrected chi connectivity index (χ2v) is 3.63. The molecular formula is C12H18N2O2. The molecule has 16 heavy (non-hydrogen) atoms. The molecule has 0 aliphatic heterocycles. The number of nitrogens with two attached hydrogens (primary N) is 2. The fourth-order valence-electron chi connectivity index (χ4n) is 1.34. The average molecular weight is 222 g/mol. The van der Waals surface area contributed by atoms with E-state index in [-0.39, 0.29) is 12.3 Å². The van der Waals surface area contributed by atoms with Gasteiger partial charge < -0.3 is 16.2 Å². The summed E-state index contributed by atoms with van der Waals surface area (Å²) >= 11 is 0. The van der Waals surface area contributed by atoms with E-state index in [1.165, 1.54) is 0 Å². The molecule has 1 aromatic rings. The highest BCUT2D eigenvalue weighted by Crippen LogP contribution is 2.12. The zero-order valence-corrected chi connectivity index (χ0v) is 9.32. The van der Waals surface area contributed by atoms with E-state index in [0.717, 1.165) is 24.2 Å². The van der Waals surface area contributed by atoms with Crippen LogP contribution in [-0.4, -0.2) is 19.1 Å². The van der Waals surface area contributed by atoms with Crippen LogP contribution >= 0.6 is 0 Å². The van der Waals surface area contributed by atoms with Crippen molar-refractivity contribution in [3.63, 3.8) is 0 Å². The Bertz CT molecular complexity index is 322. The van der Waals surface area contributed by atoms with E-state index in [9.17, 15) is 4.79 Å². The van der Waals surface area contributed by atoms with Crippen molar-refractivity contribution in [2.24, 2.45) is 11.5 Å².